The number of hydrogen-bond acceptors (Lipinski definition) is 24. The van der Waals surface area contributed by atoms with E-state index in [1.54, 1.807) is 80.3 Å². The first kappa shape index (κ1) is 83.8. The molecule has 0 fully saturated rings. The Kier molecular flexibility index (Phi) is 45.3. The SMILES string of the molecule is Cc1ccccc1.Cc1ccccn1.Cc1cccnc1.Cc1cccnc1.Cc1ccncc1.Cc1ccncc1.Cc1nc(-c2ccccc2)nc(-c2ccccc2)n1.Cc1ncccn1.Cc1ncccn1.Cc1ncncn1.Cc1ncncn1.Cc1ncncn1.Cc1ncncn1. The van der Waals surface area contributed by atoms with E-state index >= 15 is 0 Å². The average Bonchev–Trinajstić information content (AvgIpc) is 0.829. The fourth-order valence-electron chi connectivity index (χ4n) is 6.58. The predicted molar refractivity (Wildman–Crippen MR) is 403 cm³/mol. The topological polar surface area (TPSA) is 309 Å². The lowest BCUT2D eigenvalue weighted by molar-refractivity contribution is 0.973. The molecule has 0 unspecified atom stereocenters. The molecule has 0 radical (unpaired) electrons. The quantitative estimate of drug-likeness (QED) is 0.155. The molecule has 0 N–H and O–H groups in total. The second-order valence-corrected chi connectivity index (χ2v) is 20.8. The van der Waals surface area contributed by atoms with Crippen LogP contribution in [0.3, 0.4) is 0 Å². The Morgan fingerprint density at radius 1 is 0.175 bits per heavy atom. The zero-order valence-corrected chi connectivity index (χ0v) is 60.5. The molecular formula is C79H88N24. The van der Waals surface area contributed by atoms with Crippen LogP contribution in [-0.2, 0) is 0 Å². The fourth-order valence-corrected chi connectivity index (χ4v) is 6.58. The number of pyridine rings is 5. The maximum atomic E-state index is 4.55. The second-order valence-electron chi connectivity index (χ2n) is 20.8. The molecule has 0 amide bonds. The highest BCUT2D eigenvalue weighted by Crippen LogP contribution is 2.19. The van der Waals surface area contributed by atoms with Crippen molar-refractivity contribution in [1.82, 2.24) is 120 Å². The Morgan fingerprint density at radius 3 is 0.641 bits per heavy atom. The molecule has 103 heavy (non-hydrogen) atoms. The van der Waals surface area contributed by atoms with E-state index < -0.39 is 0 Å². The Hall–Kier alpha value is -13.4. The van der Waals surface area contributed by atoms with Gasteiger partial charge in [0, 0.05) is 97.4 Å². The Bertz CT molecular complexity index is 3490. The van der Waals surface area contributed by atoms with Crippen molar-refractivity contribution in [3.05, 3.63) is 375 Å². The van der Waals surface area contributed by atoms with Crippen LogP contribution in [-0.4, -0.2) is 120 Å². The van der Waals surface area contributed by atoms with Crippen LogP contribution < -0.4 is 0 Å². The molecule has 0 atom stereocenters. The van der Waals surface area contributed by atoms with E-state index in [-0.39, 0.29) is 0 Å². The zero-order chi connectivity index (χ0) is 74.4. The summed E-state index contributed by atoms with van der Waals surface area (Å²) < 4.78 is 0. The predicted octanol–water partition coefficient (Wildman–Crippen LogP) is 14.7. The van der Waals surface area contributed by atoms with Gasteiger partial charge in [0.05, 0.1) is 0 Å². The molecule has 0 spiro atoms. The molecular weight excluding hydrogens is 1290 g/mol. The summed E-state index contributed by atoms with van der Waals surface area (Å²) in [4.78, 5) is 92.8. The van der Waals surface area contributed by atoms with Crippen LogP contribution in [0.2, 0.25) is 0 Å². The van der Waals surface area contributed by atoms with Gasteiger partial charge in [-0.25, -0.2) is 94.7 Å². The van der Waals surface area contributed by atoms with Crippen LogP contribution in [0.4, 0.5) is 0 Å². The normalized spacial score (nSPS) is 9.02. The fraction of sp³-hybridized carbons (Fsp3) is 0.165. The summed E-state index contributed by atoms with van der Waals surface area (Å²) in [6.45, 7) is 25.1. The molecule has 0 aliphatic carbocycles. The van der Waals surface area contributed by atoms with Gasteiger partial charge in [-0.05, 0) is 173 Å². The highest BCUT2D eigenvalue weighted by atomic mass is 15.0. The smallest absolute Gasteiger partial charge is 0.163 e. The van der Waals surface area contributed by atoms with Crippen LogP contribution in [0.15, 0.2) is 301 Å². The lowest BCUT2D eigenvalue weighted by Crippen LogP contribution is -1.99. The van der Waals surface area contributed by atoms with Crippen molar-refractivity contribution in [2.24, 2.45) is 0 Å². The van der Waals surface area contributed by atoms with Gasteiger partial charge in [0.15, 0.2) is 11.6 Å². The number of aryl methyl sites for hydroxylation is 13. The highest BCUT2D eigenvalue weighted by Gasteiger charge is 2.07. The summed E-state index contributed by atoms with van der Waals surface area (Å²) in [6, 6.07) is 55.4. The monoisotopic (exact) mass is 1370 g/mol. The second kappa shape index (κ2) is 55.6. The van der Waals surface area contributed by atoms with Crippen LogP contribution >= 0.6 is 0 Å². The highest BCUT2D eigenvalue weighted by molar-refractivity contribution is 5.60. The molecule has 15 aromatic rings. The molecule has 0 bridgehead atoms. The maximum Gasteiger partial charge on any atom is 0.163 e. The largest absolute Gasteiger partial charge is 0.265 e. The first-order valence-electron chi connectivity index (χ1n) is 32.1. The van der Waals surface area contributed by atoms with E-state index in [4.69, 9.17) is 0 Å². The van der Waals surface area contributed by atoms with Crippen molar-refractivity contribution in [3.63, 3.8) is 0 Å². The minimum Gasteiger partial charge on any atom is -0.265 e. The Balaban J connectivity index is 0.000000295. The van der Waals surface area contributed by atoms with Crippen molar-refractivity contribution >= 4 is 0 Å². The Morgan fingerprint density at radius 2 is 0.456 bits per heavy atom. The molecule has 0 aliphatic rings. The molecule has 0 saturated heterocycles. The van der Waals surface area contributed by atoms with Gasteiger partial charge < -0.3 is 0 Å². The molecule has 0 aliphatic heterocycles. The number of aromatic nitrogens is 24. The Labute approximate surface area is 604 Å². The van der Waals surface area contributed by atoms with Gasteiger partial charge in [-0.1, -0.05) is 115 Å². The number of hydrogen-bond donors (Lipinski definition) is 0. The first-order valence-corrected chi connectivity index (χ1v) is 32.1. The third-order valence-electron chi connectivity index (χ3n) is 11.8. The lowest BCUT2D eigenvalue weighted by atomic mass is 10.2. The van der Waals surface area contributed by atoms with Crippen LogP contribution in [0.5, 0.6) is 0 Å². The van der Waals surface area contributed by atoms with Gasteiger partial charge >= 0.3 is 0 Å². The van der Waals surface area contributed by atoms with Crippen molar-refractivity contribution in [2.75, 3.05) is 0 Å². The molecule has 24 heteroatoms. The third kappa shape index (κ3) is 47.3. The number of benzene rings is 3. The molecule has 12 aromatic heterocycles. The standard InChI is InChI=1S/C16H13N3.C7H8.5C6H7N.2C5H6N2.4C4H5N3/c1-12-17-15(13-8-4-2-5-9-13)19-16(18-12)14-10-6-3-7-11-14;1-7-5-3-2-4-6-7;2*1-6-2-4-7-5-3-6;2*1-6-3-2-4-7-5-6;1-6-4-2-3-5-7-6;2*1-5-6-3-2-4-7-5;4*1-4-6-2-5-3-7-4/h2-11H,1H3;2-6H,1H3;5*2-5H,1H3;2*2-4H,1H3;4*2-3H,1H3. The van der Waals surface area contributed by atoms with Crippen LogP contribution in [0.1, 0.15) is 74.3 Å². The molecule has 3 aromatic carbocycles. The van der Waals surface area contributed by atoms with Gasteiger partial charge in [-0.15, -0.1) is 0 Å². The number of nitrogens with zero attached hydrogens (tertiary/aromatic N) is 24. The van der Waals surface area contributed by atoms with Gasteiger partial charge in [-0.2, -0.15) is 0 Å². The summed E-state index contributed by atoms with van der Waals surface area (Å²) in [5.41, 5.74) is 9.34. The van der Waals surface area contributed by atoms with Crippen molar-refractivity contribution in [1.29, 1.82) is 0 Å². The summed E-state index contributed by atoms with van der Waals surface area (Å²) in [6.07, 6.45) is 34.8. The minimum absolute atomic E-state index is 0.715. The maximum absolute atomic E-state index is 4.55. The molecule has 15 rings (SSSR count). The van der Waals surface area contributed by atoms with Crippen LogP contribution in [0, 0.1) is 90.0 Å². The van der Waals surface area contributed by atoms with E-state index in [0.717, 1.165) is 57.6 Å². The van der Waals surface area contributed by atoms with Gasteiger partial charge in [-0.3, -0.25) is 24.9 Å². The van der Waals surface area contributed by atoms with Crippen molar-refractivity contribution in [2.45, 2.75) is 90.0 Å². The summed E-state index contributed by atoms with van der Waals surface area (Å²) in [5.74, 6) is 6.84. The zero-order valence-electron chi connectivity index (χ0n) is 60.5. The summed E-state index contributed by atoms with van der Waals surface area (Å²) >= 11 is 0. The molecule has 524 valence electrons. The van der Waals surface area contributed by atoms with E-state index in [1.165, 1.54) is 78.4 Å². The average molecular weight is 1370 g/mol. The van der Waals surface area contributed by atoms with E-state index in [2.05, 4.69) is 139 Å². The molecule has 0 saturated carbocycles. The van der Waals surface area contributed by atoms with E-state index in [1.807, 2.05) is 241 Å². The van der Waals surface area contributed by atoms with Crippen molar-refractivity contribution in [3.8, 4) is 22.8 Å². The van der Waals surface area contributed by atoms with Crippen LogP contribution in [0.25, 0.3) is 22.8 Å². The molecule has 12 heterocycles. The number of rotatable bonds is 2. The molecule has 24 nitrogen and oxygen atoms in total. The lowest BCUT2D eigenvalue weighted by Gasteiger charge is -2.05. The van der Waals surface area contributed by atoms with Gasteiger partial charge in [0.2, 0.25) is 0 Å². The minimum atomic E-state index is 0.715. The summed E-state index contributed by atoms with van der Waals surface area (Å²) in [5, 5.41) is 0. The summed E-state index contributed by atoms with van der Waals surface area (Å²) in [7, 11) is 0. The van der Waals surface area contributed by atoms with Crippen molar-refractivity contribution < 1.29 is 0 Å². The third-order valence-corrected chi connectivity index (χ3v) is 11.8. The first-order chi connectivity index (χ1) is 50.1. The van der Waals surface area contributed by atoms with E-state index in [9.17, 15) is 0 Å². The van der Waals surface area contributed by atoms with E-state index in [0.29, 0.717) is 11.6 Å². The van der Waals surface area contributed by atoms with Gasteiger partial charge in [0.1, 0.15) is 91.4 Å². The van der Waals surface area contributed by atoms with Gasteiger partial charge in [0.25, 0.3) is 0 Å².